The summed E-state index contributed by atoms with van der Waals surface area (Å²) in [6, 6.07) is 13.1. The molecule has 160 valence electrons. The fourth-order valence-corrected chi connectivity index (χ4v) is 3.64. The van der Waals surface area contributed by atoms with Gasteiger partial charge in [-0.1, -0.05) is 23.7 Å². The zero-order valence-corrected chi connectivity index (χ0v) is 18.5. The Morgan fingerprint density at radius 3 is 2.30 bits per heavy atom. The van der Waals surface area contributed by atoms with E-state index in [0.29, 0.717) is 49.8 Å². The lowest BCUT2D eigenvalue weighted by Gasteiger charge is -2.35. The minimum atomic E-state index is -0.0117. The van der Waals surface area contributed by atoms with Gasteiger partial charge in [0.05, 0.1) is 6.61 Å². The third-order valence-electron chi connectivity index (χ3n) is 5.40. The Morgan fingerprint density at radius 2 is 1.60 bits per heavy atom. The summed E-state index contributed by atoms with van der Waals surface area (Å²) in [5.41, 5.74) is 2.94. The van der Waals surface area contributed by atoms with E-state index in [9.17, 15) is 9.59 Å². The van der Waals surface area contributed by atoms with Gasteiger partial charge < -0.3 is 14.5 Å². The Morgan fingerprint density at radius 1 is 0.933 bits per heavy atom. The molecular formula is C24H29ClN2O3. The van der Waals surface area contributed by atoms with E-state index in [1.165, 1.54) is 5.56 Å². The van der Waals surface area contributed by atoms with E-state index < -0.39 is 0 Å². The Balaban J connectivity index is 1.35. The summed E-state index contributed by atoms with van der Waals surface area (Å²) in [6.45, 7) is 6.98. The lowest BCUT2D eigenvalue weighted by Crippen LogP contribution is -2.50. The van der Waals surface area contributed by atoms with Gasteiger partial charge in [0.1, 0.15) is 5.75 Å². The summed E-state index contributed by atoms with van der Waals surface area (Å²) >= 11 is 5.88. The fraction of sp³-hybridized carbons (Fsp3) is 0.417. The number of halogens is 1. The SMILES string of the molecule is Cc1ccc(C)c(OCCCCC(=O)N2CCN(C(=O)c3ccc(Cl)cc3)CC2)c1. The molecule has 2 amide bonds. The molecule has 2 aromatic carbocycles. The largest absolute Gasteiger partial charge is 0.493 e. The number of piperazine rings is 1. The van der Waals surface area contributed by atoms with Crippen molar-refractivity contribution < 1.29 is 14.3 Å². The van der Waals surface area contributed by atoms with E-state index in [1.807, 2.05) is 24.8 Å². The molecule has 2 aromatic rings. The highest BCUT2D eigenvalue weighted by Crippen LogP contribution is 2.19. The van der Waals surface area contributed by atoms with Crippen LogP contribution in [0.3, 0.4) is 0 Å². The van der Waals surface area contributed by atoms with Crippen LogP contribution in [0.5, 0.6) is 5.75 Å². The Kier molecular flexibility index (Phi) is 7.75. The standard InChI is InChI=1S/C24H29ClN2O3/c1-18-6-7-19(2)22(17-18)30-16-4-3-5-23(28)26-12-14-27(15-13-26)24(29)20-8-10-21(25)11-9-20/h6-11,17H,3-5,12-16H2,1-2H3. The van der Waals surface area contributed by atoms with Crippen molar-refractivity contribution >= 4 is 23.4 Å². The molecule has 0 saturated carbocycles. The van der Waals surface area contributed by atoms with Gasteiger partial charge in [0, 0.05) is 43.2 Å². The molecule has 1 fully saturated rings. The first-order chi connectivity index (χ1) is 14.4. The predicted molar refractivity (Wildman–Crippen MR) is 119 cm³/mol. The molecule has 0 spiro atoms. The molecule has 0 bridgehead atoms. The third-order valence-corrected chi connectivity index (χ3v) is 5.65. The van der Waals surface area contributed by atoms with Gasteiger partial charge in [-0.25, -0.2) is 0 Å². The first kappa shape index (κ1) is 22.2. The highest BCUT2D eigenvalue weighted by Gasteiger charge is 2.24. The van der Waals surface area contributed by atoms with Crippen LogP contribution >= 0.6 is 11.6 Å². The number of nitrogens with zero attached hydrogens (tertiary/aromatic N) is 2. The van der Waals surface area contributed by atoms with Crippen molar-refractivity contribution in [2.45, 2.75) is 33.1 Å². The molecule has 0 aromatic heterocycles. The number of unbranched alkanes of at least 4 members (excludes halogenated alkanes) is 1. The highest BCUT2D eigenvalue weighted by atomic mass is 35.5. The van der Waals surface area contributed by atoms with Crippen LogP contribution in [0.25, 0.3) is 0 Å². The maximum atomic E-state index is 12.6. The molecule has 0 aliphatic carbocycles. The van der Waals surface area contributed by atoms with Crippen LogP contribution in [0.4, 0.5) is 0 Å². The van der Waals surface area contributed by atoms with Gasteiger partial charge in [-0.05, 0) is 68.1 Å². The number of carbonyl (C=O) groups excluding carboxylic acids is 2. The summed E-state index contributed by atoms with van der Waals surface area (Å²) in [4.78, 5) is 28.7. The zero-order chi connectivity index (χ0) is 21.5. The van der Waals surface area contributed by atoms with Gasteiger partial charge in [-0.2, -0.15) is 0 Å². The third kappa shape index (κ3) is 5.99. The maximum absolute atomic E-state index is 12.6. The Hall–Kier alpha value is -2.53. The van der Waals surface area contributed by atoms with Crippen LogP contribution in [0.15, 0.2) is 42.5 Å². The molecule has 1 aliphatic rings. The van der Waals surface area contributed by atoms with E-state index in [0.717, 1.165) is 24.2 Å². The molecule has 6 heteroatoms. The van der Waals surface area contributed by atoms with Crippen molar-refractivity contribution in [2.75, 3.05) is 32.8 Å². The van der Waals surface area contributed by atoms with Crippen molar-refractivity contribution in [3.8, 4) is 5.75 Å². The smallest absolute Gasteiger partial charge is 0.253 e. The van der Waals surface area contributed by atoms with Gasteiger partial charge in [-0.15, -0.1) is 0 Å². The molecule has 0 radical (unpaired) electrons. The molecule has 1 heterocycles. The van der Waals surface area contributed by atoms with Crippen molar-refractivity contribution in [3.05, 3.63) is 64.2 Å². The number of hydrogen-bond donors (Lipinski definition) is 0. The van der Waals surface area contributed by atoms with Crippen LogP contribution in [0.1, 0.15) is 40.7 Å². The minimum Gasteiger partial charge on any atom is -0.493 e. The first-order valence-corrected chi connectivity index (χ1v) is 10.8. The predicted octanol–water partition coefficient (Wildman–Crippen LogP) is 4.49. The zero-order valence-electron chi connectivity index (χ0n) is 17.7. The fourth-order valence-electron chi connectivity index (χ4n) is 3.52. The second-order valence-electron chi connectivity index (χ2n) is 7.75. The summed E-state index contributed by atoms with van der Waals surface area (Å²) < 4.78 is 5.86. The monoisotopic (exact) mass is 428 g/mol. The molecule has 0 N–H and O–H groups in total. The maximum Gasteiger partial charge on any atom is 0.253 e. The van der Waals surface area contributed by atoms with Crippen molar-refractivity contribution in [1.29, 1.82) is 0 Å². The Bertz CT molecular complexity index is 875. The van der Waals surface area contributed by atoms with Gasteiger partial charge in [0.2, 0.25) is 5.91 Å². The molecule has 0 atom stereocenters. The van der Waals surface area contributed by atoms with Gasteiger partial charge in [0.15, 0.2) is 0 Å². The average Bonchev–Trinajstić information content (AvgIpc) is 2.76. The van der Waals surface area contributed by atoms with E-state index >= 15 is 0 Å². The number of ether oxygens (including phenoxy) is 1. The number of benzene rings is 2. The molecule has 5 nitrogen and oxygen atoms in total. The van der Waals surface area contributed by atoms with Gasteiger partial charge >= 0.3 is 0 Å². The molecule has 30 heavy (non-hydrogen) atoms. The normalized spacial score (nSPS) is 14.0. The highest BCUT2D eigenvalue weighted by molar-refractivity contribution is 6.30. The number of carbonyl (C=O) groups is 2. The molecule has 1 saturated heterocycles. The van der Waals surface area contributed by atoms with Crippen molar-refractivity contribution in [2.24, 2.45) is 0 Å². The lowest BCUT2D eigenvalue weighted by molar-refractivity contribution is -0.132. The van der Waals surface area contributed by atoms with Gasteiger partial charge in [-0.3, -0.25) is 9.59 Å². The van der Waals surface area contributed by atoms with E-state index in [1.54, 1.807) is 29.2 Å². The van der Waals surface area contributed by atoms with Crippen LogP contribution in [-0.4, -0.2) is 54.4 Å². The number of amides is 2. The van der Waals surface area contributed by atoms with Crippen LogP contribution in [0.2, 0.25) is 5.02 Å². The topological polar surface area (TPSA) is 49.9 Å². The second kappa shape index (κ2) is 10.5. The van der Waals surface area contributed by atoms with E-state index in [2.05, 4.69) is 12.1 Å². The summed E-state index contributed by atoms with van der Waals surface area (Å²) in [7, 11) is 0. The quantitative estimate of drug-likeness (QED) is 0.610. The summed E-state index contributed by atoms with van der Waals surface area (Å²) in [6.07, 6.45) is 2.16. The number of rotatable bonds is 7. The van der Waals surface area contributed by atoms with E-state index in [-0.39, 0.29) is 11.8 Å². The number of hydrogen-bond acceptors (Lipinski definition) is 3. The van der Waals surface area contributed by atoms with Crippen LogP contribution in [0, 0.1) is 13.8 Å². The van der Waals surface area contributed by atoms with E-state index in [4.69, 9.17) is 16.3 Å². The van der Waals surface area contributed by atoms with Gasteiger partial charge in [0.25, 0.3) is 5.91 Å². The number of aryl methyl sites for hydroxylation is 2. The van der Waals surface area contributed by atoms with Crippen LogP contribution < -0.4 is 4.74 Å². The van der Waals surface area contributed by atoms with Crippen LogP contribution in [-0.2, 0) is 4.79 Å². The first-order valence-electron chi connectivity index (χ1n) is 10.5. The molecule has 0 unspecified atom stereocenters. The minimum absolute atomic E-state index is 0.0117. The Labute approximate surface area is 183 Å². The van der Waals surface area contributed by atoms with Crippen molar-refractivity contribution in [3.63, 3.8) is 0 Å². The summed E-state index contributed by atoms with van der Waals surface area (Å²) in [5, 5.41) is 0.612. The molecule has 3 rings (SSSR count). The lowest BCUT2D eigenvalue weighted by atomic mass is 10.1. The van der Waals surface area contributed by atoms with Crippen molar-refractivity contribution in [1.82, 2.24) is 9.80 Å². The summed E-state index contributed by atoms with van der Waals surface area (Å²) in [5.74, 6) is 1.06. The average molecular weight is 429 g/mol. The molecule has 1 aliphatic heterocycles. The second-order valence-corrected chi connectivity index (χ2v) is 8.19. The molecular weight excluding hydrogens is 400 g/mol.